The largest absolute Gasteiger partial charge is 0.494 e. The summed E-state index contributed by atoms with van der Waals surface area (Å²) in [4.78, 5) is 29.9. The van der Waals surface area contributed by atoms with Crippen molar-refractivity contribution in [1.82, 2.24) is 9.80 Å². The van der Waals surface area contributed by atoms with Crippen LogP contribution in [0.5, 0.6) is 5.75 Å². The van der Waals surface area contributed by atoms with Gasteiger partial charge >= 0.3 is 0 Å². The zero-order chi connectivity index (χ0) is 23.5. The summed E-state index contributed by atoms with van der Waals surface area (Å²) in [5.41, 5.74) is 1.43. The molecule has 1 aliphatic heterocycles. The molecule has 0 bridgehead atoms. The molecule has 8 heteroatoms. The van der Waals surface area contributed by atoms with Crippen LogP contribution in [0.4, 0.5) is 0 Å². The van der Waals surface area contributed by atoms with Crippen molar-refractivity contribution in [2.75, 3.05) is 60.3 Å². The minimum atomic E-state index is -0.323. The van der Waals surface area contributed by atoms with Gasteiger partial charge in [-0.1, -0.05) is 19.1 Å². The van der Waals surface area contributed by atoms with E-state index in [-0.39, 0.29) is 31.1 Å². The molecule has 1 heterocycles. The van der Waals surface area contributed by atoms with Crippen LogP contribution < -0.4 is 4.74 Å². The van der Waals surface area contributed by atoms with Crippen molar-refractivity contribution in [3.63, 3.8) is 0 Å². The Hall–Kier alpha value is -2.42. The molecule has 2 rings (SSSR count). The van der Waals surface area contributed by atoms with E-state index in [0.29, 0.717) is 49.7 Å². The molecule has 0 spiro atoms. The predicted molar refractivity (Wildman–Crippen MR) is 122 cm³/mol. The van der Waals surface area contributed by atoms with Gasteiger partial charge in [-0.25, -0.2) is 0 Å². The van der Waals surface area contributed by atoms with Gasteiger partial charge in [0.2, 0.25) is 0 Å². The maximum absolute atomic E-state index is 13.4. The van der Waals surface area contributed by atoms with Gasteiger partial charge in [-0.3, -0.25) is 14.5 Å². The first-order valence-electron chi connectivity index (χ1n) is 11.1. The number of carbonyl (C=O) groups excluding carboxylic acids is 2. The van der Waals surface area contributed by atoms with E-state index in [4.69, 9.17) is 18.9 Å². The lowest BCUT2D eigenvalue weighted by Gasteiger charge is -2.25. The number of nitrogens with zero attached hydrogens (tertiary/aromatic N) is 2. The fourth-order valence-electron chi connectivity index (χ4n) is 3.38. The molecule has 0 fully saturated rings. The number of methoxy groups -OCH3 is 2. The van der Waals surface area contributed by atoms with Crippen LogP contribution in [0.2, 0.25) is 0 Å². The lowest BCUT2D eigenvalue weighted by molar-refractivity contribution is -0.138. The monoisotopic (exact) mass is 448 g/mol. The fraction of sp³-hybridized carbons (Fsp3) is 0.583. The summed E-state index contributed by atoms with van der Waals surface area (Å²) >= 11 is 0. The Bertz CT molecular complexity index is 767. The highest BCUT2D eigenvalue weighted by Crippen LogP contribution is 2.32. The zero-order valence-electron chi connectivity index (χ0n) is 19.9. The third-order valence-electron chi connectivity index (χ3n) is 4.97. The topological polar surface area (TPSA) is 77.5 Å². The lowest BCUT2D eigenvalue weighted by Crippen LogP contribution is -2.39. The Labute approximate surface area is 191 Å². The Kier molecular flexibility index (Phi) is 10.7. The van der Waals surface area contributed by atoms with E-state index in [1.54, 1.807) is 14.2 Å². The molecule has 1 aromatic rings. The van der Waals surface area contributed by atoms with Crippen molar-refractivity contribution < 1.29 is 28.5 Å². The number of benzene rings is 1. The number of hydrogen-bond acceptors (Lipinski definition) is 7. The molecule has 0 radical (unpaired) electrons. The van der Waals surface area contributed by atoms with E-state index in [2.05, 4.69) is 0 Å². The summed E-state index contributed by atoms with van der Waals surface area (Å²) in [7, 11) is 3.21. The Balaban J connectivity index is 2.41. The quantitative estimate of drug-likeness (QED) is 0.382. The zero-order valence-corrected chi connectivity index (χ0v) is 19.9. The molecule has 8 nitrogen and oxygen atoms in total. The second kappa shape index (κ2) is 13.2. The summed E-state index contributed by atoms with van der Waals surface area (Å²) in [5.74, 6) is 0.0858. The number of amides is 2. The van der Waals surface area contributed by atoms with Gasteiger partial charge in [0.05, 0.1) is 44.6 Å². The number of ether oxygens (including phenoxy) is 4. The Morgan fingerprint density at radius 2 is 1.53 bits per heavy atom. The van der Waals surface area contributed by atoms with Crippen LogP contribution in [0.15, 0.2) is 30.0 Å². The fourth-order valence-corrected chi connectivity index (χ4v) is 3.38. The van der Waals surface area contributed by atoms with Crippen molar-refractivity contribution in [3.05, 3.63) is 35.5 Å². The minimum absolute atomic E-state index is 0.0188. The van der Waals surface area contributed by atoms with E-state index in [9.17, 15) is 9.59 Å². The highest BCUT2D eigenvalue weighted by Gasteiger charge is 2.41. The van der Waals surface area contributed by atoms with Crippen LogP contribution in [0.1, 0.15) is 32.8 Å². The van der Waals surface area contributed by atoms with Gasteiger partial charge in [-0.15, -0.1) is 0 Å². The smallest absolute Gasteiger partial charge is 0.277 e. The number of carbonyl (C=O) groups is 2. The van der Waals surface area contributed by atoms with Crippen molar-refractivity contribution in [2.45, 2.75) is 33.3 Å². The van der Waals surface area contributed by atoms with Gasteiger partial charge in [0.25, 0.3) is 11.8 Å². The number of imide groups is 1. The average Bonchev–Trinajstić information content (AvgIpc) is 3.02. The van der Waals surface area contributed by atoms with Crippen LogP contribution in [0, 0.1) is 0 Å². The lowest BCUT2D eigenvalue weighted by atomic mass is 10.0. The normalized spacial score (nSPS) is 14.1. The van der Waals surface area contributed by atoms with Crippen LogP contribution in [-0.2, 0) is 23.8 Å². The standard InChI is InChI=1S/C24H36N2O6/c1-6-14-32-20-9-7-19(8-10-20)21-22(25(11-15-29-4)12-16-30-5)24(28)26(23(21)27)13-17-31-18(2)3/h7-10,18H,6,11-17H2,1-5H3. The molecule has 0 aliphatic carbocycles. The molecule has 1 aromatic carbocycles. The van der Waals surface area contributed by atoms with E-state index in [0.717, 1.165) is 12.2 Å². The molecule has 2 amide bonds. The second-order valence-electron chi connectivity index (χ2n) is 7.75. The third-order valence-corrected chi connectivity index (χ3v) is 4.97. The molecular formula is C24H36N2O6. The van der Waals surface area contributed by atoms with Gasteiger partial charge in [0.15, 0.2) is 0 Å². The number of hydrogen-bond donors (Lipinski definition) is 0. The maximum Gasteiger partial charge on any atom is 0.277 e. The first-order chi connectivity index (χ1) is 15.4. The van der Waals surface area contributed by atoms with Gasteiger partial charge in [0, 0.05) is 27.3 Å². The maximum atomic E-state index is 13.4. The molecule has 0 saturated heterocycles. The van der Waals surface area contributed by atoms with Crippen LogP contribution in [0.25, 0.3) is 5.57 Å². The summed E-state index contributed by atoms with van der Waals surface area (Å²) in [6.07, 6.45) is 0.927. The predicted octanol–water partition coefficient (Wildman–Crippen LogP) is 2.58. The van der Waals surface area contributed by atoms with Crippen molar-refractivity contribution in [3.8, 4) is 5.75 Å². The van der Waals surface area contributed by atoms with E-state index < -0.39 is 0 Å². The molecular weight excluding hydrogens is 412 g/mol. The first kappa shape index (κ1) is 25.8. The van der Waals surface area contributed by atoms with E-state index in [1.807, 2.05) is 49.9 Å². The molecule has 0 unspecified atom stereocenters. The summed E-state index contributed by atoms with van der Waals surface area (Å²) in [5, 5.41) is 0. The highest BCUT2D eigenvalue weighted by atomic mass is 16.5. The van der Waals surface area contributed by atoms with Gasteiger partial charge < -0.3 is 23.8 Å². The first-order valence-corrected chi connectivity index (χ1v) is 11.1. The minimum Gasteiger partial charge on any atom is -0.494 e. The molecule has 0 saturated carbocycles. The second-order valence-corrected chi connectivity index (χ2v) is 7.75. The van der Waals surface area contributed by atoms with Crippen molar-refractivity contribution in [1.29, 1.82) is 0 Å². The van der Waals surface area contributed by atoms with Crippen LogP contribution in [0.3, 0.4) is 0 Å². The van der Waals surface area contributed by atoms with Gasteiger partial charge in [-0.2, -0.15) is 0 Å². The average molecular weight is 449 g/mol. The molecule has 1 aliphatic rings. The van der Waals surface area contributed by atoms with Crippen LogP contribution in [-0.4, -0.2) is 88.0 Å². The van der Waals surface area contributed by atoms with Crippen LogP contribution >= 0.6 is 0 Å². The Morgan fingerprint density at radius 3 is 2.06 bits per heavy atom. The highest BCUT2D eigenvalue weighted by molar-refractivity contribution is 6.35. The van der Waals surface area contributed by atoms with E-state index >= 15 is 0 Å². The molecule has 32 heavy (non-hydrogen) atoms. The summed E-state index contributed by atoms with van der Waals surface area (Å²) in [6.45, 7) is 8.75. The third kappa shape index (κ3) is 6.79. The number of rotatable bonds is 15. The van der Waals surface area contributed by atoms with Gasteiger partial charge in [0.1, 0.15) is 11.4 Å². The molecule has 0 atom stereocenters. The van der Waals surface area contributed by atoms with Crippen molar-refractivity contribution >= 4 is 17.4 Å². The van der Waals surface area contributed by atoms with E-state index in [1.165, 1.54) is 4.90 Å². The molecule has 178 valence electrons. The molecule has 0 N–H and O–H groups in total. The Morgan fingerprint density at radius 1 is 0.906 bits per heavy atom. The van der Waals surface area contributed by atoms with Crippen molar-refractivity contribution in [2.24, 2.45) is 0 Å². The SMILES string of the molecule is CCCOc1ccc(C2=C(N(CCOC)CCOC)C(=O)N(CCOC(C)C)C2=O)cc1. The van der Waals surface area contributed by atoms with Gasteiger partial charge in [-0.05, 0) is 38.0 Å². The molecule has 0 aromatic heterocycles. The summed E-state index contributed by atoms with van der Waals surface area (Å²) in [6, 6.07) is 7.30. The summed E-state index contributed by atoms with van der Waals surface area (Å²) < 4.78 is 21.7.